The molecule has 1 atom stereocenters. The first kappa shape index (κ1) is 17.8. The van der Waals surface area contributed by atoms with E-state index in [4.69, 9.17) is 4.42 Å². The molecule has 0 saturated heterocycles. The Labute approximate surface area is 151 Å². The van der Waals surface area contributed by atoms with Crippen molar-refractivity contribution in [1.29, 1.82) is 0 Å². The van der Waals surface area contributed by atoms with E-state index in [1.807, 2.05) is 38.1 Å². The SMILES string of the molecule is Cc1ccc(-c2nnc(CCC(=O)N[C@H](C)c3ccc(F)cc3)o2)cc1. The summed E-state index contributed by atoms with van der Waals surface area (Å²) >= 11 is 0. The van der Waals surface area contributed by atoms with Crippen LogP contribution in [0.15, 0.2) is 52.9 Å². The first-order chi connectivity index (χ1) is 12.5. The van der Waals surface area contributed by atoms with Crippen molar-refractivity contribution in [2.24, 2.45) is 0 Å². The van der Waals surface area contributed by atoms with Crippen molar-refractivity contribution in [1.82, 2.24) is 15.5 Å². The summed E-state index contributed by atoms with van der Waals surface area (Å²) in [4.78, 5) is 12.1. The number of rotatable bonds is 6. The predicted octanol–water partition coefficient (Wildman–Crippen LogP) is 3.99. The van der Waals surface area contributed by atoms with Crippen molar-refractivity contribution in [2.75, 3.05) is 0 Å². The van der Waals surface area contributed by atoms with E-state index in [1.165, 1.54) is 12.1 Å². The van der Waals surface area contributed by atoms with Gasteiger partial charge < -0.3 is 9.73 Å². The third-order valence-electron chi connectivity index (χ3n) is 4.08. The second-order valence-corrected chi connectivity index (χ2v) is 6.21. The van der Waals surface area contributed by atoms with Crippen molar-refractivity contribution in [3.63, 3.8) is 0 Å². The number of carbonyl (C=O) groups is 1. The van der Waals surface area contributed by atoms with Gasteiger partial charge in [-0.25, -0.2) is 4.39 Å². The minimum absolute atomic E-state index is 0.128. The van der Waals surface area contributed by atoms with Crippen LogP contribution in [0.25, 0.3) is 11.5 Å². The molecule has 26 heavy (non-hydrogen) atoms. The molecule has 1 aromatic heterocycles. The van der Waals surface area contributed by atoms with E-state index in [9.17, 15) is 9.18 Å². The van der Waals surface area contributed by atoms with Crippen LogP contribution < -0.4 is 5.32 Å². The van der Waals surface area contributed by atoms with Crippen molar-refractivity contribution in [2.45, 2.75) is 32.7 Å². The molecule has 1 N–H and O–H groups in total. The highest BCUT2D eigenvalue weighted by Gasteiger charge is 2.13. The van der Waals surface area contributed by atoms with Crippen LogP contribution in [0.3, 0.4) is 0 Å². The number of nitrogens with zero attached hydrogens (tertiary/aromatic N) is 2. The van der Waals surface area contributed by atoms with Gasteiger partial charge in [-0.05, 0) is 43.7 Å². The predicted molar refractivity (Wildman–Crippen MR) is 95.7 cm³/mol. The van der Waals surface area contributed by atoms with Gasteiger partial charge in [0, 0.05) is 18.4 Å². The largest absolute Gasteiger partial charge is 0.421 e. The third kappa shape index (κ3) is 4.53. The zero-order valence-corrected chi connectivity index (χ0v) is 14.7. The highest BCUT2D eigenvalue weighted by molar-refractivity contribution is 5.76. The Morgan fingerprint density at radius 3 is 2.50 bits per heavy atom. The van der Waals surface area contributed by atoms with Crippen molar-refractivity contribution < 1.29 is 13.6 Å². The molecule has 134 valence electrons. The van der Waals surface area contributed by atoms with Gasteiger partial charge in [0.15, 0.2) is 0 Å². The smallest absolute Gasteiger partial charge is 0.247 e. The number of hydrogen-bond donors (Lipinski definition) is 1. The number of benzene rings is 2. The highest BCUT2D eigenvalue weighted by atomic mass is 19.1. The van der Waals surface area contributed by atoms with E-state index in [0.717, 1.165) is 16.7 Å². The molecule has 1 amide bonds. The molecule has 0 fully saturated rings. The topological polar surface area (TPSA) is 68.0 Å². The molecular weight excluding hydrogens is 333 g/mol. The van der Waals surface area contributed by atoms with E-state index in [1.54, 1.807) is 12.1 Å². The second-order valence-electron chi connectivity index (χ2n) is 6.21. The van der Waals surface area contributed by atoms with Crippen LogP contribution in [0.2, 0.25) is 0 Å². The number of halogens is 1. The third-order valence-corrected chi connectivity index (χ3v) is 4.08. The molecule has 2 aromatic carbocycles. The maximum absolute atomic E-state index is 13.0. The van der Waals surface area contributed by atoms with Crippen LogP contribution in [-0.2, 0) is 11.2 Å². The Bertz CT molecular complexity index is 873. The van der Waals surface area contributed by atoms with Crippen molar-refractivity contribution in [3.05, 3.63) is 71.4 Å². The molecule has 1 heterocycles. The molecule has 3 rings (SSSR count). The molecule has 0 radical (unpaired) electrons. The fourth-order valence-electron chi connectivity index (χ4n) is 2.54. The fourth-order valence-corrected chi connectivity index (χ4v) is 2.54. The minimum atomic E-state index is -0.298. The molecule has 6 heteroatoms. The lowest BCUT2D eigenvalue weighted by Gasteiger charge is -2.13. The van der Waals surface area contributed by atoms with Crippen LogP contribution in [0, 0.1) is 12.7 Å². The number of aryl methyl sites for hydroxylation is 2. The van der Waals surface area contributed by atoms with Crippen LogP contribution >= 0.6 is 0 Å². The number of hydrogen-bond acceptors (Lipinski definition) is 4. The molecule has 0 aliphatic rings. The average molecular weight is 353 g/mol. The van der Waals surface area contributed by atoms with Gasteiger partial charge in [0.05, 0.1) is 6.04 Å². The molecule has 0 unspecified atom stereocenters. The lowest BCUT2D eigenvalue weighted by Crippen LogP contribution is -2.26. The fraction of sp³-hybridized carbons (Fsp3) is 0.250. The number of carbonyl (C=O) groups excluding carboxylic acids is 1. The average Bonchev–Trinajstić information content (AvgIpc) is 3.10. The number of amides is 1. The molecule has 0 aliphatic carbocycles. The quantitative estimate of drug-likeness (QED) is 0.727. The van der Waals surface area contributed by atoms with Crippen molar-refractivity contribution >= 4 is 5.91 Å². The monoisotopic (exact) mass is 353 g/mol. The molecule has 0 saturated carbocycles. The van der Waals surface area contributed by atoms with Gasteiger partial charge in [-0.1, -0.05) is 29.8 Å². The Kier molecular flexibility index (Phi) is 5.41. The van der Waals surface area contributed by atoms with Crippen LogP contribution in [0.1, 0.15) is 36.4 Å². The molecule has 0 bridgehead atoms. The normalized spacial score (nSPS) is 12.0. The van der Waals surface area contributed by atoms with E-state index in [-0.39, 0.29) is 24.2 Å². The van der Waals surface area contributed by atoms with E-state index < -0.39 is 0 Å². The maximum Gasteiger partial charge on any atom is 0.247 e. The summed E-state index contributed by atoms with van der Waals surface area (Å²) in [5.41, 5.74) is 2.85. The molecule has 0 spiro atoms. The zero-order chi connectivity index (χ0) is 18.5. The Morgan fingerprint density at radius 1 is 1.12 bits per heavy atom. The summed E-state index contributed by atoms with van der Waals surface area (Å²) in [5, 5.41) is 10.9. The molecule has 0 aliphatic heterocycles. The first-order valence-electron chi connectivity index (χ1n) is 8.45. The van der Waals surface area contributed by atoms with Gasteiger partial charge in [-0.3, -0.25) is 4.79 Å². The van der Waals surface area contributed by atoms with Gasteiger partial charge in [0.2, 0.25) is 17.7 Å². The summed E-state index contributed by atoms with van der Waals surface area (Å²) in [5.74, 6) is 0.440. The molecule has 5 nitrogen and oxygen atoms in total. The second kappa shape index (κ2) is 7.91. The number of aromatic nitrogens is 2. The van der Waals surface area contributed by atoms with Crippen LogP contribution in [0.5, 0.6) is 0 Å². The zero-order valence-electron chi connectivity index (χ0n) is 14.7. The van der Waals surface area contributed by atoms with Crippen LogP contribution in [0.4, 0.5) is 4.39 Å². The Hall–Kier alpha value is -3.02. The summed E-state index contributed by atoms with van der Waals surface area (Å²) in [7, 11) is 0. The van der Waals surface area contributed by atoms with E-state index >= 15 is 0 Å². The number of nitrogens with one attached hydrogen (secondary N) is 1. The standard InChI is InChI=1S/C20H20FN3O2/c1-13-3-5-16(6-4-13)20-24-23-19(26-20)12-11-18(25)22-14(2)15-7-9-17(21)10-8-15/h3-10,14H,11-12H2,1-2H3,(H,22,25)/t14-/m1/s1. The summed E-state index contributed by atoms with van der Waals surface area (Å²) in [6.45, 7) is 3.86. The van der Waals surface area contributed by atoms with E-state index in [0.29, 0.717) is 18.2 Å². The van der Waals surface area contributed by atoms with Gasteiger partial charge >= 0.3 is 0 Å². The van der Waals surface area contributed by atoms with Gasteiger partial charge in [0.1, 0.15) is 5.82 Å². The molecular formula is C20H20FN3O2. The first-order valence-corrected chi connectivity index (χ1v) is 8.45. The van der Waals surface area contributed by atoms with Gasteiger partial charge in [-0.2, -0.15) is 0 Å². The maximum atomic E-state index is 13.0. The molecule has 3 aromatic rings. The summed E-state index contributed by atoms with van der Waals surface area (Å²) < 4.78 is 18.6. The minimum Gasteiger partial charge on any atom is -0.421 e. The van der Waals surface area contributed by atoms with Gasteiger partial charge in [0.25, 0.3) is 0 Å². The van der Waals surface area contributed by atoms with Crippen molar-refractivity contribution in [3.8, 4) is 11.5 Å². The highest BCUT2D eigenvalue weighted by Crippen LogP contribution is 2.19. The van der Waals surface area contributed by atoms with Gasteiger partial charge in [-0.15, -0.1) is 10.2 Å². The lowest BCUT2D eigenvalue weighted by molar-refractivity contribution is -0.121. The van der Waals surface area contributed by atoms with Crippen LogP contribution in [-0.4, -0.2) is 16.1 Å². The Balaban J connectivity index is 1.53. The lowest BCUT2D eigenvalue weighted by atomic mass is 10.1. The Morgan fingerprint density at radius 2 is 1.81 bits per heavy atom. The summed E-state index contributed by atoms with van der Waals surface area (Å²) in [6.07, 6.45) is 0.599. The summed E-state index contributed by atoms with van der Waals surface area (Å²) in [6, 6.07) is 13.7. The van der Waals surface area contributed by atoms with E-state index in [2.05, 4.69) is 15.5 Å².